The third-order valence-corrected chi connectivity index (χ3v) is 3.42. The Balaban J connectivity index is 1.80. The summed E-state index contributed by atoms with van der Waals surface area (Å²) in [5.74, 6) is 0.991. The van der Waals surface area contributed by atoms with E-state index < -0.39 is 11.9 Å². The van der Waals surface area contributed by atoms with Gasteiger partial charge in [-0.2, -0.15) is 0 Å². The van der Waals surface area contributed by atoms with Gasteiger partial charge in [-0.15, -0.1) is 6.42 Å². The van der Waals surface area contributed by atoms with E-state index in [9.17, 15) is 9.59 Å². The molecule has 0 radical (unpaired) electrons. The van der Waals surface area contributed by atoms with Crippen molar-refractivity contribution >= 4 is 11.9 Å². The van der Waals surface area contributed by atoms with Crippen LogP contribution in [0.3, 0.4) is 0 Å². The molecule has 2 fully saturated rings. The molecule has 0 aromatic heterocycles. The molecule has 1 heterocycles. The molecule has 17 heavy (non-hydrogen) atoms. The molecule has 2 aliphatic rings. The molecule has 1 aliphatic heterocycles. The molecule has 5 heteroatoms. The maximum absolute atomic E-state index is 11.9. The largest absolute Gasteiger partial charge is 0.481 e. The van der Waals surface area contributed by atoms with Crippen LogP contribution in [-0.2, 0) is 9.59 Å². The second kappa shape index (κ2) is 4.76. The first kappa shape index (κ1) is 11.9. The van der Waals surface area contributed by atoms with Gasteiger partial charge in [0, 0.05) is 26.2 Å². The van der Waals surface area contributed by atoms with E-state index in [1.807, 2.05) is 0 Å². The minimum atomic E-state index is -0.852. The Kier molecular flexibility index (Phi) is 3.34. The van der Waals surface area contributed by atoms with Crippen LogP contribution in [0.1, 0.15) is 6.42 Å². The van der Waals surface area contributed by atoms with Gasteiger partial charge in [-0.05, 0) is 6.42 Å². The van der Waals surface area contributed by atoms with Gasteiger partial charge in [0.15, 0.2) is 0 Å². The summed E-state index contributed by atoms with van der Waals surface area (Å²) in [6, 6.07) is 0. The average Bonchev–Trinajstić information content (AvgIpc) is 3.09. The number of hydrogen-bond donors (Lipinski definition) is 1. The highest BCUT2D eigenvalue weighted by atomic mass is 16.4. The number of nitrogens with zero attached hydrogens (tertiary/aromatic N) is 2. The Morgan fingerprint density at radius 1 is 1.24 bits per heavy atom. The molecule has 0 aromatic carbocycles. The number of carboxylic acids is 1. The smallest absolute Gasteiger partial charge is 0.307 e. The van der Waals surface area contributed by atoms with Crippen LogP contribution >= 0.6 is 0 Å². The molecule has 2 rings (SSSR count). The Morgan fingerprint density at radius 2 is 1.88 bits per heavy atom. The van der Waals surface area contributed by atoms with Gasteiger partial charge in [0.1, 0.15) is 0 Å². The van der Waals surface area contributed by atoms with Crippen LogP contribution in [0.2, 0.25) is 0 Å². The molecule has 1 saturated heterocycles. The van der Waals surface area contributed by atoms with Crippen molar-refractivity contribution < 1.29 is 14.7 Å². The van der Waals surface area contributed by atoms with Gasteiger partial charge in [-0.3, -0.25) is 14.5 Å². The number of rotatable bonds is 3. The van der Waals surface area contributed by atoms with Gasteiger partial charge in [0.05, 0.1) is 18.4 Å². The van der Waals surface area contributed by atoms with Crippen molar-refractivity contribution in [2.75, 3.05) is 32.7 Å². The Hall–Kier alpha value is -1.54. The standard InChI is InChI=1S/C12H16N2O3/c1-2-3-13-4-6-14(7-5-13)11(15)9-8-10(9)12(16)17/h1,9-10H,3-8H2,(H,16,17). The monoisotopic (exact) mass is 236 g/mol. The molecule has 0 spiro atoms. The highest BCUT2D eigenvalue weighted by Gasteiger charge is 2.49. The minimum Gasteiger partial charge on any atom is -0.481 e. The molecule has 1 N–H and O–H groups in total. The van der Waals surface area contributed by atoms with E-state index in [2.05, 4.69) is 10.8 Å². The van der Waals surface area contributed by atoms with Crippen LogP contribution in [0.5, 0.6) is 0 Å². The summed E-state index contributed by atoms with van der Waals surface area (Å²) in [4.78, 5) is 26.5. The predicted molar refractivity (Wildman–Crippen MR) is 61.1 cm³/mol. The fraction of sp³-hybridized carbons (Fsp3) is 0.667. The Labute approximate surface area is 100 Å². The summed E-state index contributed by atoms with van der Waals surface area (Å²) in [5.41, 5.74) is 0. The van der Waals surface area contributed by atoms with Gasteiger partial charge in [0.2, 0.25) is 5.91 Å². The van der Waals surface area contributed by atoms with Crippen molar-refractivity contribution in [3.8, 4) is 12.3 Å². The number of aliphatic carboxylic acids is 1. The van der Waals surface area contributed by atoms with Crippen LogP contribution in [0, 0.1) is 24.2 Å². The lowest BCUT2D eigenvalue weighted by Crippen LogP contribution is -2.49. The van der Waals surface area contributed by atoms with Crippen LogP contribution in [0.4, 0.5) is 0 Å². The number of carboxylic acid groups (broad SMARTS) is 1. The second-order valence-corrected chi connectivity index (χ2v) is 4.59. The van der Waals surface area contributed by atoms with Crippen LogP contribution < -0.4 is 0 Å². The molecule has 1 aliphatic carbocycles. The van der Waals surface area contributed by atoms with Crippen molar-refractivity contribution in [2.45, 2.75) is 6.42 Å². The summed E-state index contributed by atoms with van der Waals surface area (Å²) < 4.78 is 0. The quantitative estimate of drug-likeness (QED) is 0.670. The van der Waals surface area contributed by atoms with Crippen molar-refractivity contribution in [1.82, 2.24) is 9.80 Å². The summed E-state index contributed by atoms with van der Waals surface area (Å²) in [6.07, 6.45) is 5.72. The normalized spacial score (nSPS) is 28.5. The first-order chi connectivity index (χ1) is 8.13. The van der Waals surface area contributed by atoms with Gasteiger partial charge in [0.25, 0.3) is 0 Å². The number of carbonyl (C=O) groups is 2. The van der Waals surface area contributed by atoms with E-state index >= 15 is 0 Å². The van der Waals surface area contributed by atoms with Crippen molar-refractivity contribution in [3.05, 3.63) is 0 Å². The van der Waals surface area contributed by atoms with Gasteiger partial charge in [-0.25, -0.2) is 0 Å². The summed E-state index contributed by atoms with van der Waals surface area (Å²) >= 11 is 0. The maximum Gasteiger partial charge on any atom is 0.307 e. The molecular weight excluding hydrogens is 220 g/mol. The number of terminal acetylenes is 1. The van der Waals surface area contributed by atoms with E-state index in [0.717, 1.165) is 13.1 Å². The molecule has 0 aromatic rings. The number of hydrogen-bond acceptors (Lipinski definition) is 3. The fourth-order valence-corrected chi connectivity index (χ4v) is 2.23. The molecule has 2 unspecified atom stereocenters. The van der Waals surface area contributed by atoms with E-state index in [4.69, 9.17) is 11.5 Å². The number of piperazine rings is 1. The zero-order valence-electron chi connectivity index (χ0n) is 9.63. The minimum absolute atomic E-state index is 0.00208. The highest BCUT2D eigenvalue weighted by Crippen LogP contribution is 2.40. The summed E-state index contributed by atoms with van der Waals surface area (Å²) in [5, 5.41) is 8.78. The van der Waals surface area contributed by atoms with Crippen molar-refractivity contribution in [3.63, 3.8) is 0 Å². The molecule has 1 amide bonds. The van der Waals surface area contributed by atoms with Gasteiger partial charge >= 0.3 is 5.97 Å². The van der Waals surface area contributed by atoms with E-state index in [1.165, 1.54) is 0 Å². The van der Waals surface area contributed by atoms with E-state index in [0.29, 0.717) is 26.1 Å². The fourth-order valence-electron chi connectivity index (χ4n) is 2.23. The van der Waals surface area contributed by atoms with Crippen LogP contribution in [0.25, 0.3) is 0 Å². The van der Waals surface area contributed by atoms with Crippen LogP contribution in [0.15, 0.2) is 0 Å². The molecule has 92 valence electrons. The third kappa shape index (κ3) is 2.59. The molecule has 1 saturated carbocycles. The van der Waals surface area contributed by atoms with Gasteiger partial charge in [-0.1, -0.05) is 5.92 Å². The van der Waals surface area contributed by atoms with Crippen molar-refractivity contribution in [2.24, 2.45) is 11.8 Å². The first-order valence-electron chi connectivity index (χ1n) is 5.81. The molecule has 2 atom stereocenters. The number of carbonyl (C=O) groups excluding carboxylic acids is 1. The van der Waals surface area contributed by atoms with Crippen molar-refractivity contribution in [1.29, 1.82) is 0 Å². The first-order valence-corrected chi connectivity index (χ1v) is 5.81. The molecule has 0 bridgehead atoms. The predicted octanol–water partition coefficient (Wildman–Crippen LogP) is -0.515. The lowest BCUT2D eigenvalue weighted by atomic mass is 10.2. The lowest BCUT2D eigenvalue weighted by Gasteiger charge is -2.33. The van der Waals surface area contributed by atoms with Gasteiger partial charge < -0.3 is 10.0 Å². The topological polar surface area (TPSA) is 60.9 Å². The second-order valence-electron chi connectivity index (χ2n) is 4.59. The summed E-state index contributed by atoms with van der Waals surface area (Å²) in [6.45, 7) is 3.48. The lowest BCUT2D eigenvalue weighted by molar-refractivity contribution is -0.142. The van der Waals surface area contributed by atoms with Crippen LogP contribution in [-0.4, -0.2) is 59.5 Å². The summed E-state index contributed by atoms with van der Waals surface area (Å²) in [7, 11) is 0. The average molecular weight is 236 g/mol. The molecular formula is C12H16N2O3. The van der Waals surface area contributed by atoms with E-state index in [-0.39, 0.29) is 11.8 Å². The Morgan fingerprint density at radius 3 is 2.35 bits per heavy atom. The zero-order valence-corrected chi connectivity index (χ0v) is 9.63. The highest BCUT2D eigenvalue weighted by molar-refractivity contribution is 5.89. The van der Waals surface area contributed by atoms with E-state index in [1.54, 1.807) is 4.90 Å². The zero-order chi connectivity index (χ0) is 12.4. The molecule has 5 nitrogen and oxygen atoms in total. The Bertz CT molecular complexity index is 366. The SMILES string of the molecule is C#CCN1CCN(C(=O)C2CC2C(=O)O)CC1. The number of amides is 1. The third-order valence-electron chi connectivity index (χ3n) is 3.42. The maximum atomic E-state index is 11.9.